The molecule has 1 aromatic heterocycles. The van der Waals surface area contributed by atoms with Gasteiger partial charge in [-0.1, -0.05) is 0 Å². The molecule has 0 radical (unpaired) electrons. The second-order valence-corrected chi connectivity index (χ2v) is 4.38. The Balaban J connectivity index is 2.04. The smallest absolute Gasteiger partial charge is 0.324 e. The molecule has 1 aliphatic rings. The SMILES string of the molecule is COc1nc(Cl)nc(OC2CCCC(N)C2)n1. The summed E-state index contributed by atoms with van der Waals surface area (Å²) in [5.41, 5.74) is 5.88. The third-order valence-electron chi connectivity index (χ3n) is 2.69. The zero-order valence-corrected chi connectivity index (χ0v) is 10.4. The van der Waals surface area contributed by atoms with E-state index in [1.807, 2.05) is 0 Å². The summed E-state index contributed by atoms with van der Waals surface area (Å²) < 4.78 is 10.5. The molecule has 1 heterocycles. The van der Waals surface area contributed by atoms with E-state index in [0.717, 1.165) is 25.7 Å². The Hall–Kier alpha value is -1.14. The van der Waals surface area contributed by atoms with E-state index >= 15 is 0 Å². The zero-order valence-electron chi connectivity index (χ0n) is 9.60. The molecule has 0 aromatic carbocycles. The summed E-state index contributed by atoms with van der Waals surface area (Å²) in [6, 6.07) is 0.536. The highest BCUT2D eigenvalue weighted by molar-refractivity contribution is 6.28. The monoisotopic (exact) mass is 258 g/mol. The highest BCUT2D eigenvalue weighted by Crippen LogP contribution is 2.22. The van der Waals surface area contributed by atoms with Crippen molar-refractivity contribution in [2.75, 3.05) is 7.11 Å². The summed E-state index contributed by atoms with van der Waals surface area (Å²) in [5.74, 6) is 0. The number of rotatable bonds is 3. The van der Waals surface area contributed by atoms with Crippen LogP contribution in [-0.2, 0) is 0 Å². The molecule has 0 aliphatic heterocycles. The van der Waals surface area contributed by atoms with Crippen molar-refractivity contribution in [1.29, 1.82) is 0 Å². The third-order valence-corrected chi connectivity index (χ3v) is 2.86. The van der Waals surface area contributed by atoms with Gasteiger partial charge >= 0.3 is 12.0 Å². The van der Waals surface area contributed by atoms with E-state index < -0.39 is 0 Å². The molecule has 1 aliphatic carbocycles. The van der Waals surface area contributed by atoms with Gasteiger partial charge in [0.2, 0.25) is 5.28 Å². The van der Waals surface area contributed by atoms with Gasteiger partial charge in [0.05, 0.1) is 7.11 Å². The molecule has 1 aromatic rings. The van der Waals surface area contributed by atoms with Crippen LogP contribution in [0.5, 0.6) is 12.0 Å². The number of hydrogen-bond acceptors (Lipinski definition) is 6. The predicted octanol–water partition coefficient (Wildman–Crippen LogP) is 1.18. The normalized spacial score (nSPS) is 24.4. The molecule has 17 heavy (non-hydrogen) atoms. The van der Waals surface area contributed by atoms with Gasteiger partial charge in [0.15, 0.2) is 0 Å². The molecule has 0 amide bonds. The lowest BCUT2D eigenvalue weighted by Gasteiger charge is -2.26. The maximum Gasteiger partial charge on any atom is 0.324 e. The molecule has 7 heteroatoms. The second-order valence-electron chi connectivity index (χ2n) is 4.04. The third kappa shape index (κ3) is 3.41. The summed E-state index contributed by atoms with van der Waals surface area (Å²) in [6.07, 6.45) is 3.91. The van der Waals surface area contributed by atoms with Crippen LogP contribution in [0.3, 0.4) is 0 Å². The first kappa shape index (κ1) is 12.3. The number of methoxy groups -OCH3 is 1. The Morgan fingerprint density at radius 2 is 2.00 bits per heavy atom. The molecule has 0 spiro atoms. The van der Waals surface area contributed by atoms with Crippen LogP contribution in [-0.4, -0.2) is 34.2 Å². The van der Waals surface area contributed by atoms with E-state index in [4.69, 9.17) is 26.8 Å². The Bertz CT molecular complexity index is 391. The molecule has 2 atom stereocenters. The van der Waals surface area contributed by atoms with E-state index in [9.17, 15) is 0 Å². The predicted molar refractivity (Wildman–Crippen MR) is 62.2 cm³/mol. The van der Waals surface area contributed by atoms with Crippen LogP contribution >= 0.6 is 11.6 Å². The summed E-state index contributed by atoms with van der Waals surface area (Å²) in [7, 11) is 1.46. The highest BCUT2D eigenvalue weighted by Gasteiger charge is 2.22. The minimum atomic E-state index is 0.0434. The van der Waals surface area contributed by atoms with Gasteiger partial charge in [0.1, 0.15) is 6.10 Å². The lowest BCUT2D eigenvalue weighted by molar-refractivity contribution is 0.130. The minimum absolute atomic E-state index is 0.0434. The van der Waals surface area contributed by atoms with Crippen LogP contribution in [0.2, 0.25) is 5.28 Å². The van der Waals surface area contributed by atoms with Gasteiger partial charge in [-0.2, -0.15) is 9.97 Å². The molecule has 0 bridgehead atoms. The first-order chi connectivity index (χ1) is 8.17. The average molecular weight is 259 g/mol. The van der Waals surface area contributed by atoms with Crippen molar-refractivity contribution in [3.8, 4) is 12.0 Å². The van der Waals surface area contributed by atoms with Crippen molar-refractivity contribution < 1.29 is 9.47 Å². The summed E-state index contributed by atoms with van der Waals surface area (Å²) >= 11 is 5.73. The van der Waals surface area contributed by atoms with Crippen LogP contribution < -0.4 is 15.2 Å². The average Bonchev–Trinajstić information content (AvgIpc) is 2.28. The molecule has 6 nitrogen and oxygen atoms in total. The minimum Gasteiger partial charge on any atom is -0.467 e. The van der Waals surface area contributed by atoms with Gasteiger partial charge in [-0.25, -0.2) is 0 Å². The molecule has 0 saturated heterocycles. The number of hydrogen-bond donors (Lipinski definition) is 1. The molecule has 1 saturated carbocycles. The Kier molecular flexibility index (Phi) is 3.96. The first-order valence-corrected chi connectivity index (χ1v) is 5.93. The quantitative estimate of drug-likeness (QED) is 0.877. The zero-order chi connectivity index (χ0) is 12.3. The fourth-order valence-corrected chi connectivity index (χ4v) is 2.04. The Morgan fingerprint density at radius 3 is 2.71 bits per heavy atom. The number of halogens is 1. The lowest BCUT2D eigenvalue weighted by Crippen LogP contribution is -2.34. The maximum absolute atomic E-state index is 5.88. The number of aromatic nitrogens is 3. The van der Waals surface area contributed by atoms with Gasteiger partial charge in [-0.15, -0.1) is 4.98 Å². The van der Waals surface area contributed by atoms with E-state index in [-0.39, 0.29) is 29.5 Å². The lowest BCUT2D eigenvalue weighted by atomic mass is 9.94. The van der Waals surface area contributed by atoms with E-state index in [2.05, 4.69) is 15.0 Å². The van der Waals surface area contributed by atoms with Crippen LogP contribution in [0.1, 0.15) is 25.7 Å². The van der Waals surface area contributed by atoms with E-state index in [1.54, 1.807) is 0 Å². The molecule has 2 unspecified atom stereocenters. The van der Waals surface area contributed by atoms with Crippen LogP contribution in [0.15, 0.2) is 0 Å². The summed E-state index contributed by atoms with van der Waals surface area (Å²) in [6.45, 7) is 0. The van der Waals surface area contributed by atoms with Crippen molar-refractivity contribution >= 4 is 11.6 Å². The largest absolute Gasteiger partial charge is 0.467 e. The van der Waals surface area contributed by atoms with Crippen LogP contribution in [0.4, 0.5) is 0 Å². The van der Waals surface area contributed by atoms with Gasteiger partial charge in [-0.05, 0) is 37.3 Å². The topological polar surface area (TPSA) is 83.2 Å². The van der Waals surface area contributed by atoms with Crippen molar-refractivity contribution in [3.05, 3.63) is 5.28 Å². The van der Waals surface area contributed by atoms with Crippen LogP contribution in [0.25, 0.3) is 0 Å². The fraction of sp³-hybridized carbons (Fsp3) is 0.700. The van der Waals surface area contributed by atoms with Gasteiger partial charge < -0.3 is 15.2 Å². The molecule has 1 fully saturated rings. The Morgan fingerprint density at radius 1 is 1.24 bits per heavy atom. The fourth-order valence-electron chi connectivity index (χ4n) is 1.90. The van der Waals surface area contributed by atoms with Gasteiger partial charge in [0, 0.05) is 6.04 Å². The Labute approximate surface area is 105 Å². The number of ether oxygens (including phenoxy) is 2. The standard InChI is InChI=1S/C10H15ClN4O2/c1-16-9-13-8(11)14-10(15-9)17-7-4-2-3-6(12)5-7/h6-7H,2-5,12H2,1H3. The van der Waals surface area contributed by atoms with Gasteiger partial charge in [-0.3, -0.25) is 0 Å². The maximum atomic E-state index is 5.88. The number of nitrogens with two attached hydrogens (primary N) is 1. The summed E-state index contributed by atoms with van der Waals surface area (Å²) in [4.78, 5) is 11.7. The van der Waals surface area contributed by atoms with Crippen molar-refractivity contribution in [2.24, 2.45) is 5.73 Å². The van der Waals surface area contributed by atoms with Crippen molar-refractivity contribution in [2.45, 2.75) is 37.8 Å². The molecular weight excluding hydrogens is 244 g/mol. The molecule has 2 N–H and O–H groups in total. The van der Waals surface area contributed by atoms with E-state index in [0.29, 0.717) is 0 Å². The summed E-state index contributed by atoms with van der Waals surface area (Å²) in [5, 5.41) is 0.0620. The second kappa shape index (κ2) is 5.46. The first-order valence-electron chi connectivity index (χ1n) is 5.55. The molecular formula is C10H15ClN4O2. The van der Waals surface area contributed by atoms with E-state index in [1.165, 1.54) is 7.11 Å². The molecule has 94 valence electrons. The van der Waals surface area contributed by atoms with Crippen molar-refractivity contribution in [1.82, 2.24) is 15.0 Å². The van der Waals surface area contributed by atoms with Crippen molar-refractivity contribution in [3.63, 3.8) is 0 Å². The van der Waals surface area contributed by atoms with Crippen LogP contribution in [0, 0.1) is 0 Å². The molecule has 2 rings (SSSR count). The highest BCUT2D eigenvalue weighted by atomic mass is 35.5. The number of nitrogens with zero attached hydrogens (tertiary/aromatic N) is 3. The van der Waals surface area contributed by atoms with Gasteiger partial charge in [0.25, 0.3) is 0 Å².